The van der Waals surface area contributed by atoms with Gasteiger partial charge in [-0.2, -0.15) is 0 Å². The molecule has 0 spiro atoms. The second-order valence-corrected chi connectivity index (χ2v) is 9.26. The zero-order chi connectivity index (χ0) is 25.9. The molecule has 0 N–H and O–H groups in total. The number of ether oxygens (including phenoxy) is 5. The molecule has 0 aromatic carbocycles. The second kappa shape index (κ2) is 10.4. The SMILES string of the molecule is CCOC(=O)C1(C(=O)OCC)CC2=C(C)OC(C)(C)[C@H](C)[C@@H]2CC1(C(=O)OCC)C(=O)OCC. The van der Waals surface area contributed by atoms with Crippen LogP contribution in [0.1, 0.15) is 68.2 Å². The predicted octanol–water partition coefficient (Wildman–Crippen LogP) is 3.34. The molecule has 2 aliphatic rings. The Morgan fingerprint density at radius 1 is 0.794 bits per heavy atom. The minimum atomic E-state index is -2.32. The van der Waals surface area contributed by atoms with Crippen LogP contribution < -0.4 is 0 Å². The lowest BCUT2D eigenvalue weighted by atomic mass is 9.49. The first-order chi connectivity index (χ1) is 15.9. The number of rotatable bonds is 8. The molecular formula is C25H38O9. The van der Waals surface area contributed by atoms with Gasteiger partial charge in [-0.15, -0.1) is 0 Å². The molecule has 1 aliphatic carbocycles. The predicted molar refractivity (Wildman–Crippen MR) is 121 cm³/mol. The highest BCUT2D eigenvalue weighted by atomic mass is 16.6. The first-order valence-electron chi connectivity index (χ1n) is 12.0. The zero-order valence-corrected chi connectivity index (χ0v) is 21.6. The molecule has 0 aromatic heterocycles. The molecule has 1 aliphatic heterocycles. The van der Waals surface area contributed by atoms with Crippen molar-refractivity contribution in [2.24, 2.45) is 22.7 Å². The maximum atomic E-state index is 13.7. The average molecular weight is 483 g/mol. The van der Waals surface area contributed by atoms with Crippen molar-refractivity contribution >= 4 is 23.9 Å². The largest absolute Gasteiger partial charge is 0.492 e. The quantitative estimate of drug-likeness (QED) is 0.292. The van der Waals surface area contributed by atoms with Gasteiger partial charge in [0.2, 0.25) is 0 Å². The summed E-state index contributed by atoms with van der Waals surface area (Å²) in [7, 11) is 0. The molecule has 2 rings (SSSR count). The minimum Gasteiger partial charge on any atom is -0.492 e. The fourth-order valence-electron chi connectivity index (χ4n) is 5.29. The summed E-state index contributed by atoms with van der Waals surface area (Å²) in [6.45, 7) is 13.7. The van der Waals surface area contributed by atoms with Gasteiger partial charge in [0, 0.05) is 12.3 Å². The third-order valence-corrected chi connectivity index (χ3v) is 7.22. The summed E-state index contributed by atoms with van der Waals surface area (Å²) in [6.07, 6.45) is -0.456. The standard InChI is InChI=1S/C25H38O9/c1-9-30-19(26)24(20(27)31-10-2)13-17-15(5)23(7,8)34-16(6)18(17)14-25(24,21(28)32-11-3)22(29)33-12-4/h15,17H,9-14H2,1-8H3/t15-,17+/m1/s1. The molecule has 34 heavy (non-hydrogen) atoms. The summed E-state index contributed by atoms with van der Waals surface area (Å²) in [5.41, 5.74) is -4.54. The molecule has 0 saturated heterocycles. The lowest BCUT2D eigenvalue weighted by Gasteiger charge is -2.54. The van der Waals surface area contributed by atoms with Crippen LogP contribution in [0.4, 0.5) is 0 Å². The Morgan fingerprint density at radius 2 is 1.18 bits per heavy atom. The van der Waals surface area contributed by atoms with Crippen LogP contribution in [-0.4, -0.2) is 55.9 Å². The lowest BCUT2D eigenvalue weighted by molar-refractivity contribution is -0.211. The minimum absolute atomic E-state index is 0.0573. The Labute approximate surface area is 201 Å². The first kappa shape index (κ1) is 27.7. The van der Waals surface area contributed by atoms with Gasteiger partial charge < -0.3 is 23.7 Å². The van der Waals surface area contributed by atoms with Gasteiger partial charge in [0.25, 0.3) is 0 Å². The average Bonchev–Trinajstić information content (AvgIpc) is 2.76. The molecule has 0 unspecified atom stereocenters. The zero-order valence-electron chi connectivity index (χ0n) is 21.6. The third-order valence-electron chi connectivity index (χ3n) is 7.22. The summed E-state index contributed by atoms with van der Waals surface area (Å²) in [4.78, 5) is 54.7. The van der Waals surface area contributed by atoms with Crippen molar-refractivity contribution in [1.29, 1.82) is 0 Å². The van der Waals surface area contributed by atoms with E-state index in [2.05, 4.69) is 0 Å². The van der Waals surface area contributed by atoms with Gasteiger partial charge in [-0.05, 0) is 66.4 Å². The number of esters is 4. The van der Waals surface area contributed by atoms with E-state index in [9.17, 15) is 19.2 Å². The van der Waals surface area contributed by atoms with Crippen molar-refractivity contribution in [3.05, 3.63) is 11.3 Å². The Hall–Kier alpha value is -2.58. The maximum absolute atomic E-state index is 13.7. The van der Waals surface area contributed by atoms with Crippen LogP contribution in [0.3, 0.4) is 0 Å². The number of allylic oxidation sites excluding steroid dienone is 2. The van der Waals surface area contributed by atoms with Gasteiger partial charge in [-0.25, -0.2) is 0 Å². The van der Waals surface area contributed by atoms with Crippen LogP contribution in [-0.2, 0) is 42.9 Å². The molecule has 0 bridgehead atoms. The van der Waals surface area contributed by atoms with Gasteiger partial charge in [0.05, 0.1) is 32.2 Å². The fraction of sp³-hybridized carbons (Fsp3) is 0.760. The highest BCUT2D eigenvalue weighted by Gasteiger charge is 2.76. The smallest absolute Gasteiger partial charge is 0.325 e. The number of carbonyl (C=O) groups is 4. The van der Waals surface area contributed by atoms with Crippen LogP contribution in [0.2, 0.25) is 0 Å². The van der Waals surface area contributed by atoms with Crippen molar-refractivity contribution < 1.29 is 42.9 Å². The first-order valence-corrected chi connectivity index (χ1v) is 12.0. The van der Waals surface area contributed by atoms with Gasteiger partial charge in [0.15, 0.2) is 10.8 Å². The van der Waals surface area contributed by atoms with Crippen molar-refractivity contribution in [3.63, 3.8) is 0 Å². The Morgan fingerprint density at radius 3 is 1.56 bits per heavy atom. The summed E-state index contributed by atoms with van der Waals surface area (Å²) in [6, 6.07) is 0. The van der Waals surface area contributed by atoms with E-state index in [-0.39, 0.29) is 51.1 Å². The maximum Gasteiger partial charge on any atom is 0.325 e. The Bertz CT molecular complexity index is 818. The number of hydrogen-bond acceptors (Lipinski definition) is 9. The van der Waals surface area contributed by atoms with E-state index in [0.717, 1.165) is 0 Å². The van der Waals surface area contributed by atoms with E-state index in [1.165, 1.54) is 0 Å². The molecule has 0 amide bonds. The molecule has 1 heterocycles. The number of hydrogen-bond donors (Lipinski definition) is 0. The van der Waals surface area contributed by atoms with Gasteiger partial charge in [0.1, 0.15) is 5.60 Å². The monoisotopic (exact) mass is 482 g/mol. The third kappa shape index (κ3) is 4.18. The molecule has 192 valence electrons. The fourth-order valence-corrected chi connectivity index (χ4v) is 5.29. The Balaban J connectivity index is 2.97. The molecule has 9 nitrogen and oxygen atoms in total. The normalized spacial score (nSPS) is 24.2. The molecule has 1 fully saturated rings. The van der Waals surface area contributed by atoms with E-state index < -0.39 is 40.3 Å². The molecule has 0 aromatic rings. The molecule has 2 atom stereocenters. The molecular weight excluding hydrogens is 444 g/mol. The van der Waals surface area contributed by atoms with Gasteiger partial charge in [-0.1, -0.05) is 6.92 Å². The van der Waals surface area contributed by atoms with E-state index >= 15 is 0 Å². The van der Waals surface area contributed by atoms with E-state index in [4.69, 9.17) is 23.7 Å². The van der Waals surface area contributed by atoms with E-state index in [1.807, 2.05) is 20.8 Å². The molecule has 1 saturated carbocycles. The van der Waals surface area contributed by atoms with Crippen LogP contribution in [0, 0.1) is 22.7 Å². The highest BCUT2D eigenvalue weighted by molar-refractivity contribution is 6.15. The summed E-state index contributed by atoms with van der Waals surface area (Å²) >= 11 is 0. The summed E-state index contributed by atoms with van der Waals surface area (Å²) in [5, 5.41) is 0. The van der Waals surface area contributed by atoms with Gasteiger partial charge in [-0.3, -0.25) is 19.2 Å². The lowest BCUT2D eigenvalue weighted by Crippen LogP contribution is -2.67. The van der Waals surface area contributed by atoms with Crippen molar-refractivity contribution in [2.45, 2.75) is 73.8 Å². The molecule has 9 heteroatoms. The Kier molecular flexibility index (Phi) is 8.43. The van der Waals surface area contributed by atoms with Crippen molar-refractivity contribution in [1.82, 2.24) is 0 Å². The van der Waals surface area contributed by atoms with Crippen LogP contribution in [0.25, 0.3) is 0 Å². The van der Waals surface area contributed by atoms with Crippen LogP contribution in [0.5, 0.6) is 0 Å². The van der Waals surface area contributed by atoms with Crippen LogP contribution in [0.15, 0.2) is 11.3 Å². The van der Waals surface area contributed by atoms with Crippen molar-refractivity contribution in [3.8, 4) is 0 Å². The van der Waals surface area contributed by atoms with E-state index in [1.54, 1.807) is 34.6 Å². The van der Waals surface area contributed by atoms with E-state index in [0.29, 0.717) is 11.3 Å². The van der Waals surface area contributed by atoms with Crippen molar-refractivity contribution in [2.75, 3.05) is 26.4 Å². The van der Waals surface area contributed by atoms with Crippen LogP contribution >= 0.6 is 0 Å². The van der Waals surface area contributed by atoms with Gasteiger partial charge >= 0.3 is 23.9 Å². The number of fused-ring (bicyclic) bond motifs is 1. The number of carbonyl (C=O) groups excluding carboxylic acids is 4. The topological polar surface area (TPSA) is 114 Å². The summed E-state index contributed by atoms with van der Waals surface area (Å²) in [5.74, 6) is -4.00. The highest BCUT2D eigenvalue weighted by Crippen LogP contribution is 2.61. The second-order valence-electron chi connectivity index (χ2n) is 9.26. The summed E-state index contributed by atoms with van der Waals surface area (Å²) < 4.78 is 27.5. The molecule has 0 radical (unpaired) electrons.